The molecule has 4 rings (SSSR count). The van der Waals surface area contributed by atoms with E-state index in [0.29, 0.717) is 34.5 Å². The molecule has 10 heteroatoms. The van der Waals surface area contributed by atoms with Gasteiger partial charge in [0.05, 0.1) is 12.1 Å². The smallest absolute Gasteiger partial charge is 0.274 e. The van der Waals surface area contributed by atoms with Gasteiger partial charge in [-0.25, -0.2) is 20.1 Å². The van der Waals surface area contributed by atoms with Crippen molar-refractivity contribution in [3.63, 3.8) is 0 Å². The summed E-state index contributed by atoms with van der Waals surface area (Å²) in [6, 6.07) is 13.5. The van der Waals surface area contributed by atoms with Gasteiger partial charge in [-0.15, -0.1) is 0 Å². The second kappa shape index (κ2) is 9.05. The minimum Gasteiger partial charge on any atom is -0.458 e. The molecule has 4 aromatic rings. The van der Waals surface area contributed by atoms with Crippen molar-refractivity contribution in [2.24, 2.45) is 0 Å². The number of anilines is 1. The molecule has 3 heterocycles. The molecule has 0 saturated heterocycles. The van der Waals surface area contributed by atoms with Crippen LogP contribution in [-0.4, -0.2) is 36.8 Å². The van der Waals surface area contributed by atoms with Crippen molar-refractivity contribution < 1.29 is 19.2 Å². The number of carbonyl (C=O) groups is 2. The number of aryl methyl sites for hydroxylation is 3. The minimum absolute atomic E-state index is 0.0649. The molecule has 0 aliphatic rings. The Morgan fingerprint density at radius 2 is 1.79 bits per heavy atom. The number of furan rings is 1. The SMILES string of the molecule is Cc1cc(C)n(-c2cc(NC(=O)Cc3ccc(C(=O)NO)cc3)nc(-c3ccc(C)o3)n2)n1. The van der Waals surface area contributed by atoms with E-state index in [2.05, 4.69) is 20.4 Å². The van der Waals surface area contributed by atoms with Crippen LogP contribution in [0.2, 0.25) is 0 Å². The number of benzene rings is 1. The molecule has 3 N–H and O–H groups in total. The van der Waals surface area contributed by atoms with Crippen LogP contribution in [0.3, 0.4) is 0 Å². The van der Waals surface area contributed by atoms with Gasteiger partial charge in [-0.3, -0.25) is 14.8 Å². The topological polar surface area (TPSA) is 135 Å². The number of rotatable bonds is 6. The quantitative estimate of drug-likeness (QED) is 0.306. The van der Waals surface area contributed by atoms with Crippen LogP contribution in [0.5, 0.6) is 0 Å². The highest BCUT2D eigenvalue weighted by atomic mass is 16.5. The Labute approximate surface area is 189 Å². The van der Waals surface area contributed by atoms with Crippen molar-refractivity contribution in [3.8, 4) is 17.4 Å². The van der Waals surface area contributed by atoms with Gasteiger partial charge in [0.25, 0.3) is 5.91 Å². The van der Waals surface area contributed by atoms with Gasteiger partial charge >= 0.3 is 0 Å². The number of carbonyl (C=O) groups excluding carboxylic acids is 2. The lowest BCUT2D eigenvalue weighted by atomic mass is 10.1. The molecule has 0 saturated carbocycles. The third kappa shape index (κ3) is 4.96. The number of aromatic nitrogens is 4. The summed E-state index contributed by atoms with van der Waals surface area (Å²) in [5.74, 6) is 1.39. The van der Waals surface area contributed by atoms with E-state index in [1.165, 1.54) is 12.1 Å². The predicted molar refractivity (Wildman–Crippen MR) is 119 cm³/mol. The van der Waals surface area contributed by atoms with Crippen LogP contribution >= 0.6 is 0 Å². The highest BCUT2D eigenvalue weighted by molar-refractivity contribution is 5.94. The Morgan fingerprint density at radius 3 is 2.39 bits per heavy atom. The number of nitrogens with one attached hydrogen (secondary N) is 2. The van der Waals surface area contributed by atoms with Crippen LogP contribution in [-0.2, 0) is 11.2 Å². The first kappa shape index (κ1) is 21.9. The normalized spacial score (nSPS) is 10.8. The van der Waals surface area contributed by atoms with E-state index in [1.54, 1.807) is 34.4 Å². The zero-order valence-corrected chi connectivity index (χ0v) is 18.3. The Balaban J connectivity index is 1.61. The lowest BCUT2D eigenvalue weighted by molar-refractivity contribution is -0.115. The summed E-state index contributed by atoms with van der Waals surface area (Å²) in [5, 5.41) is 16.0. The number of hydrogen-bond donors (Lipinski definition) is 3. The first-order valence-electron chi connectivity index (χ1n) is 10.1. The number of hydroxylamine groups is 1. The van der Waals surface area contributed by atoms with Crippen LogP contribution in [0.25, 0.3) is 17.4 Å². The zero-order chi connectivity index (χ0) is 23.5. The zero-order valence-electron chi connectivity index (χ0n) is 18.3. The van der Waals surface area contributed by atoms with Gasteiger partial charge in [-0.2, -0.15) is 5.10 Å². The average Bonchev–Trinajstić information content (AvgIpc) is 3.37. The van der Waals surface area contributed by atoms with E-state index < -0.39 is 5.91 Å². The average molecular weight is 446 g/mol. The monoisotopic (exact) mass is 446 g/mol. The highest BCUT2D eigenvalue weighted by Gasteiger charge is 2.15. The molecule has 33 heavy (non-hydrogen) atoms. The summed E-state index contributed by atoms with van der Waals surface area (Å²) in [7, 11) is 0. The van der Waals surface area contributed by atoms with Crippen LogP contribution in [0.4, 0.5) is 5.82 Å². The molecule has 0 unspecified atom stereocenters. The molecule has 0 atom stereocenters. The molecule has 2 amide bonds. The Hall–Kier alpha value is -4.31. The van der Waals surface area contributed by atoms with Crippen molar-refractivity contribution in [2.45, 2.75) is 27.2 Å². The lowest BCUT2D eigenvalue weighted by Gasteiger charge is -2.10. The van der Waals surface area contributed by atoms with E-state index >= 15 is 0 Å². The molecular weight excluding hydrogens is 424 g/mol. The van der Waals surface area contributed by atoms with Crippen LogP contribution in [0.15, 0.2) is 52.9 Å². The van der Waals surface area contributed by atoms with Crippen molar-refractivity contribution in [3.05, 3.63) is 76.8 Å². The molecule has 0 fully saturated rings. The molecule has 168 valence electrons. The summed E-state index contributed by atoms with van der Waals surface area (Å²) in [4.78, 5) is 33.2. The summed E-state index contributed by atoms with van der Waals surface area (Å²) in [6.07, 6.45) is 0.0649. The minimum atomic E-state index is -0.621. The van der Waals surface area contributed by atoms with E-state index in [1.807, 2.05) is 32.9 Å². The number of nitrogens with zero attached hydrogens (tertiary/aromatic N) is 4. The molecule has 1 aromatic carbocycles. The Kier molecular flexibility index (Phi) is 6.01. The lowest BCUT2D eigenvalue weighted by Crippen LogP contribution is -2.19. The van der Waals surface area contributed by atoms with Gasteiger partial charge in [0, 0.05) is 17.3 Å². The molecule has 3 aromatic heterocycles. The molecule has 0 spiro atoms. The predicted octanol–water partition coefficient (Wildman–Crippen LogP) is 3.15. The van der Waals surface area contributed by atoms with Gasteiger partial charge in [-0.05, 0) is 56.7 Å². The van der Waals surface area contributed by atoms with Gasteiger partial charge in [-0.1, -0.05) is 12.1 Å². The number of hydrogen-bond acceptors (Lipinski definition) is 7. The first-order valence-corrected chi connectivity index (χ1v) is 10.1. The summed E-state index contributed by atoms with van der Waals surface area (Å²) >= 11 is 0. The third-order valence-corrected chi connectivity index (χ3v) is 4.85. The van der Waals surface area contributed by atoms with Crippen molar-refractivity contribution in [1.29, 1.82) is 0 Å². The van der Waals surface area contributed by atoms with Gasteiger partial charge in [0.1, 0.15) is 11.6 Å². The van der Waals surface area contributed by atoms with E-state index in [9.17, 15) is 9.59 Å². The van der Waals surface area contributed by atoms with Crippen molar-refractivity contribution in [1.82, 2.24) is 25.2 Å². The van der Waals surface area contributed by atoms with E-state index in [4.69, 9.17) is 9.62 Å². The van der Waals surface area contributed by atoms with Crippen LogP contribution in [0, 0.1) is 20.8 Å². The summed E-state index contributed by atoms with van der Waals surface area (Å²) in [5.41, 5.74) is 4.27. The van der Waals surface area contributed by atoms with E-state index in [-0.39, 0.29) is 17.9 Å². The van der Waals surface area contributed by atoms with Crippen molar-refractivity contribution >= 4 is 17.6 Å². The third-order valence-electron chi connectivity index (χ3n) is 4.85. The highest BCUT2D eigenvalue weighted by Crippen LogP contribution is 2.23. The molecular formula is C23H22N6O4. The van der Waals surface area contributed by atoms with Gasteiger partial charge < -0.3 is 9.73 Å². The van der Waals surface area contributed by atoms with Crippen LogP contribution < -0.4 is 10.8 Å². The fourth-order valence-electron chi connectivity index (χ4n) is 3.34. The first-order chi connectivity index (χ1) is 15.8. The fourth-order valence-corrected chi connectivity index (χ4v) is 3.34. The maximum absolute atomic E-state index is 12.7. The maximum atomic E-state index is 12.7. The molecule has 0 radical (unpaired) electrons. The molecule has 0 bridgehead atoms. The second-order valence-electron chi connectivity index (χ2n) is 7.55. The molecule has 0 aliphatic carbocycles. The number of amides is 2. The Morgan fingerprint density at radius 1 is 1.03 bits per heavy atom. The second-order valence-corrected chi connectivity index (χ2v) is 7.55. The van der Waals surface area contributed by atoms with Crippen LogP contribution in [0.1, 0.15) is 33.1 Å². The molecule has 0 aliphatic heterocycles. The summed E-state index contributed by atoms with van der Waals surface area (Å²) in [6.45, 7) is 5.63. The maximum Gasteiger partial charge on any atom is 0.274 e. The van der Waals surface area contributed by atoms with Gasteiger partial charge in [0.2, 0.25) is 5.91 Å². The fraction of sp³-hybridized carbons (Fsp3) is 0.174. The largest absolute Gasteiger partial charge is 0.458 e. The van der Waals surface area contributed by atoms with Gasteiger partial charge in [0.15, 0.2) is 17.4 Å². The van der Waals surface area contributed by atoms with E-state index in [0.717, 1.165) is 11.4 Å². The Bertz CT molecular complexity index is 1320. The molecule has 10 nitrogen and oxygen atoms in total. The van der Waals surface area contributed by atoms with Crippen molar-refractivity contribution in [2.75, 3.05) is 5.32 Å². The standard InChI is InChI=1S/C23H22N6O4/c1-13-10-14(2)29(27-13)20-12-19(25-22(26-20)18-9-4-15(3)33-18)24-21(30)11-16-5-7-17(8-6-16)23(31)28-32/h4-10,12,32H,11H2,1-3H3,(H,28,31)(H,24,25,26,30). The summed E-state index contributed by atoms with van der Waals surface area (Å²) < 4.78 is 7.35.